The number of hydrogen-bond donors (Lipinski definition) is 1. The maximum atomic E-state index is 12.9. The van der Waals surface area contributed by atoms with Crippen LogP contribution >= 0.6 is 0 Å². The normalized spacial score (nSPS) is 12.3. The molecule has 0 aliphatic carbocycles. The average Bonchev–Trinajstić information content (AvgIpc) is 3.04. The smallest absolute Gasteiger partial charge is 0.347 e. The summed E-state index contributed by atoms with van der Waals surface area (Å²) in [6, 6.07) is 8.47. The second-order valence-corrected chi connectivity index (χ2v) is 7.53. The first-order chi connectivity index (χ1) is 12.5. The zero-order valence-corrected chi connectivity index (χ0v) is 15.1. The second kappa shape index (κ2) is 6.31. The first-order valence-corrected chi connectivity index (χ1v) is 9.13. The zero-order valence-electron chi connectivity index (χ0n) is 14.2. The molecule has 0 amide bonds. The van der Waals surface area contributed by atoms with Gasteiger partial charge in [-0.3, -0.25) is 9.40 Å². The van der Waals surface area contributed by atoms with Gasteiger partial charge in [0.25, 0.3) is 10.0 Å². The number of nitrogens with zero attached hydrogens (tertiary/aromatic N) is 4. The fourth-order valence-corrected chi connectivity index (χ4v) is 4.34. The number of aryl methyl sites for hydroxylation is 1. The first kappa shape index (κ1) is 18.8. The Kier molecular flexibility index (Phi) is 4.39. The number of sulfonamides is 1. The Hall–Kier alpha value is -3.00. The molecule has 0 unspecified atom stereocenters. The minimum Gasteiger partial charge on any atom is -0.347 e. The molecular formula is C16H14F3N5O2S. The maximum Gasteiger partial charge on any atom is 0.408 e. The highest BCUT2D eigenvalue weighted by atomic mass is 32.2. The van der Waals surface area contributed by atoms with Crippen LogP contribution in [0, 0.1) is 18.3 Å². The lowest BCUT2D eigenvalue weighted by molar-refractivity contribution is -0.142. The van der Waals surface area contributed by atoms with E-state index in [1.807, 2.05) is 0 Å². The summed E-state index contributed by atoms with van der Waals surface area (Å²) in [6.07, 6.45) is -3.71. The van der Waals surface area contributed by atoms with Crippen LogP contribution in [0.3, 0.4) is 0 Å². The summed E-state index contributed by atoms with van der Waals surface area (Å²) in [5.74, 6) is -0.450. The van der Waals surface area contributed by atoms with Crippen molar-refractivity contribution in [3.63, 3.8) is 0 Å². The minimum atomic E-state index is -4.55. The lowest BCUT2D eigenvalue weighted by atomic mass is 10.2. The summed E-state index contributed by atoms with van der Waals surface area (Å²) >= 11 is 0. The Bertz CT molecular complexity index is 1170. The molecule has 142 valence electrons. The van der Waals surface area contributed by atoms with Gasteiger partial charge in [0.1, 0.15) is 23.1 Å². The quantitative estimate of drug-likeness (QED) is 0.733. The van der Waals surface area contributed by atoms with Crippen molar-refractivity contribution in [3.05, 3.63) is 41.7 Å². The van der Waals surface area contributed by atoms with Crippen LogP contribution in [0.5, 0.6) is 0 Å². The highest BCUT2D eigenvalue weighted by molar-refractivity contribution is 7.93. The van der Waals surface area contributed by atoms with Gasteiger partial charge in [-0.25, -0.2) is 8.42 Å². The van der Waals surface area contributed by atoms with Gasteiger partial charge in [-0.1, -0.05) is 18.2 Å². The molecule has 1 aromatic carbocycles. The fourth-order valence-electron chi connectivity index (χ4n) is 2.85. The number of benzene rings is 1. The fraction of sp³-hybridized carbons (Fsp3) is 0.250. The number of aromatic nitrogens is 3. The molecule has 0 fully saturated rings. The average molecular weight is 397 g/mol. The van der Waals surface area contributed by atoms with Crippen LogP contribution in [0.15, 0.2) is 35.4 Å². The Morgan fingerprint density at radius 1 is 1.30 bits per heavy atom. The predicted octanol–water partition coefficient (Wildman–Crippen LogP) is 2.92. The molecule has 11 heteroatoms. The van der Waals surface area contributed by atoms with E-state index >= 15 is 0 Å². The van der Waals surface area contributed by atoms with Gasteiger partial charge in [-0.15, -0.1) is 0 Å². The maximum absolute atomic E-state index is 12.9. The molecule has 0 atom stereocenters. The largest absolute Gasteiger partial charge is 0.408 e. The first-order valence-electron chi connectivity index (χ1n) is 7.64. The van der Waals surface area contributed by atoms with E-state index in [-0.39, 0.29) is 10.5 Å². The van der Waals surface area contributed by atoms with Gasteiger partial charge < -0.3 is 4.57 Å². The molecule has 0 spiro atoms. The number of hydrogen-bond acceptors (Lipinski definition) is 4. The van der Waals surface area contributed by atoms with Crippen molar-refractivity contribution in [1.82, 2.24) is 14.3 Å². The SMILES string of the molecule is Cc1c(S(=O)(=O)Nc2nn(CC(F)(F)F)cc2C#N)c2ccccc2n1C. The molecule has 7 nitrogen and oxygen atoms in total. The number of anilines is 1. The summed E-state index contributed by atoms with van der Waals surface area (Å²) in [5, 5.41) is 13.1. The van der Waals surface area contributed by atoms with Crippen LogP contribution in [0.4, 0.5) is 19.0 Å². The van der Waals surface area contributed by atoms with Gasteiger partial charge in [0.15, 0.2) is 5.82 Å². The molecule has 27 heavy (non-hydrogen) atoms. The molecular weight excluding hydrogens is 383 g/mol. The summed E-state index contributed by atoms with van der Waals surface area (Å²) < 4.78 is 67.7. The van der Waals surface area contributed by atoms with Crippen LogP contribution < -0.4 is 4.72 Å². The van der Waals surface area contributed by atoms with Crippen molar-refractivity contribution in [2.45, 2.75) is 24.5 Å². The topological polar surface area (TPSA) is 92.7 Å². The molecule has 0 saturated heterocycles. The van der Waals surface area contributed by atoms with E-state index in [0.717, 1.165) is 6.20 Å². The van der Waals surface area contributed by atoms with Crippen molar-refractivity contribution in [2.75, 3.05) is 4.72 Å². The van der Waals surface area contributed by atoms with Crippen molar-refractivity contribution in [3.8, 4) is 6.07 Å². The number of nitriles is 1. The number of halogens is 3. The minimum absolute atomic E-state index is 0.0186. The molecule has 0 aliphatic rings. The van der Waals surface area contributed by atoms with Gasteiger partial charge in [0, 0.05) is 29.8 Å². The van der Waals surface area contributed by atoms with E-state index in [4.69, 9.17) is 5.26 Å². The standard InChI is InChI=1S/C16H14F3N5O2S/c1-10-14(12-5-3-4-6-13(12)23(10)2)27(25,26)22-15-11(7-20)8-24(21-15)9-16(17,18)19/h3-6,8H,9H2,1-2H3,(H,21,22). The number of fused-ring (bicyclic) bond motifs is 1. The number of nitrogens with one attached hydrogen (secondary N) is 1. The van der Waals surface area contributed by atoms with Crippen molar-refractivity contribution in [1.29, 1.82) is 5.26 Å². The second-order valence-electron chi connectivity index (χ2n) is 5.91. The predicted molar refractivity (Wildman–Crippen MR) is 91.5 cm³/mol. The zero-order chi connectivity index (χ0) is 20.0. The molecule has 1 N–H and O–H groups in total. The molecule has 3 rings (SSSR count). The van der Waals surface area contributed by atoms with Crippen molar-refractivity contribution >= 4 is 26.7 Å². The Labute approximate surface area is 152 Å². The summed E-state index contributed by atoms with van der Waals surface area (Å²) in [5.41, 5.74) is 0.816. The van der Waals surface area contributed by atoms with Crippen LogP contribution in [-0.2, 0) is 23.6 Å². The Balaban J connectivity index is 2.06. The third-order valence-corrected chi connectivity index (χ3v) is 5.58. The Morgan fingerprint density at radius 3 is 2.59 bits per heavy atom. The molecule has 0 radical (unpaired) electrons. The highest BCUT2D eigenvalue weighted by Crippen LogP contribution is 2.30. The summed E-state index contributed by atoms with van der Waals surface area (Å²) in [4.78, 5) is -0.0186. The molecule has 0 aliphatic heterocycles. The van der Waals surface area contributed by atoms with Gasteiger partial charge in [-0.2, -0.15) is 23.5 Å². The summed E-state index contributed by atoms with van der Waals surface area (Å²) in [6.45, 7) is 0.179. The van der Waals surface area contributed by atoms with Gasteiger partial charge >= 0.3 is 6.18 Å². The van der Waals surface area contributed by atoms with E-state index in [2.05, 4.69) is 9.82 Å². The molecule has 2 heterocycles. The summed E-state index contributed by atoms with van der Waals surface area (Å²) in [7, 11) is -2.49. The van der Waals surface area contributed by atoms with Gasteiger partial charge in [-0.05, 0) is 13.0 Å². The Morgan fingerprint density at radius 2 is 1.96 bits per heavy atom. The number of para-hydroxylation sites is 1. The van der Waals surface area contributed by atoms with Crippen molar-refractivity contribution < 1.29 is 21.6 Å². The monoisotopic (exact) mass is 397 g/mol. The van der Waals surface area contributed by atoms with E-state index in [9.17, 15) is 21.6 Å². The number of rotatable bonds is 4. The third-order valence-electron chi connectivity index (χ3n) is 4.06. The van der Waals surface area contributed by atoms with Crippen LogP contribution in [0.25, 0.3) is 10.9 Å². The van der Waals surface area contributed by atoms with Crippen molar-refractivity contribution in [2.24, 2.45) is 7.05 Å². The molecule has 3 aromatic rings. The van der Waals surface area contributed by atoms with Crippen LogP contribution in [0.1, 0.15) is 11.3 Å². The lowest BCUT2D eigenvalue weighted by Crippen LogP contribution is -2.19. The number of alkyl halides is 3. The lowest BCUT2D eigenvalue weighted by Gasteiger charge is -2.07. The van der Waals surface area contributed by atoms with Gasteiger partial charge in [0.05, 0.1) is 0 Å². The molecule has 2 aromatic heterocycles. The third kappa shape index (κ3) is 3.48. The van der Waals surface area contributed by atoms with Crippen LogP contribution in [0.2, 0.25) is 0 Å². The highest BCUT2D eigenvalue weighted by Gasteiger charge is 2.30. The van der Waals surface area contributed by atoms with E-state index in [0.29, 0.717) is 21.3 Å². The van der Waals surface area contributed by atoms with Crippen LogP contribution in [-0.4, -0.2) is 28.9 Å². The van der Waals surface area contributed by atoms with Gasteiger partial charge in [0.2, 0.25) is 0 Å². The van der Waals surface area contributed by atoms with E-state index in [1.54, 1.807) is 48.9 Å². The van der Waals surface area contributed by atoms with E-state index < -0.39 is 28.6 Å². The van der Waals surface area contributed by atoms with E-state index in [1.165, 1.54) is 0 Å². The molecule has 0 saturated carbocycles. The molecule has 0 bridgehead atoms.